The SMILES string of the molecule is C[C@@H](OC(=O)c1cccc(NS(=O)(=O)c2ccc3c(c2)OCCO3)c1)C(=O)c1ccc(Br)cc1. The Morgan fingerprint density at radius 2 is 1.65 bits per heavy atom. The summed E-state index contributed by atoms with van der Waals surface area (Å²) in [6, 6.07) is 16.8. The number of ketones is 1. The number of Topliss-reactive ketones (excluding diaryl/α,β-unsaturated/α-hetero) is 1. The van der Waals surface area contributed by atoms with Crippen LogP contribution in [-0.4, -0.2) is 39.5 Å². The zero-order valence-corrected chi connectivity index (χ0v) is 20.4. The highest BCUT2D eigenvalue weighted by molar-refractivity contribution is 9.10. The van der Waals surface area contributed by atoms with Gasteiger partial charge in [0.05, 0.1) is 10.5 Å². The molecule has 0 fully saturated rings. The van der Waals surface area contributed by atoms with E-state index in [4.69, 9.17) is 14.2 Å². The third-order valence-electron chi connectivity index (χ3n) is 4.96. The highest BCUT2D eigenvalue weighted by Gasteiger charge is 2.22. The van der Waals surface area contributed by atoms with Crippen LogP contribution in [0.25, 0.3) is 0 Å². The van der Waals surface area contributed by atoms with Crippen LogP contribution in [0.1, 0.15) is 27.6 Å². The van der Waals surface area contributed by atoms with E-state index in [1.165, 1.54) is 49.4 Å². The van der Waals surface area contributed by atoms with Gasteiger partial charge in [-0.2, -0.15) is 0 Å². The Labute approximate surface area is 205 Å². The van der Waals surface area contributed by atoms with Gasteiger partial charge in [0.15, 0.2) is 17.6 Å². The molecule has 0 aliphatic carbocycles. The number of hydrogen-bond donors (Lipinski definition) is 1. The van der Waals surface area contributed by atoms with E-state index in [-0.39, 0.29) is 21.9 Å². The van der Waals surface area contributed by atoms with E-state index in [0.29, 0.717) is 30.3 Å². The van der Waals surface area contributed by atoms with Gasteiger partial charge in [-0.25, -0.2) is 13.2 Å². The molecule has 0 saturated carbocycles. The molecule has 1 aliphatic rings. The summed E-state index contributed by atoms with van der Waals surface area (Å²) in [7, 11) is -3.96. The maximum atomic E-state index is 12.8. The lowest BCUT2D eigenvalue weighted by Crippen LogP contribution is -2.24. The van der Waals surface area contributed by atoms with Crippen LogP contribution in [0.3, 0.4) is 0 Å². The third kappa shape index (κ3) is 5.40. The first kappa shape index (κ1) is 23.8. The van der Waals surface area contributed by atoms with Crippen molar-refractivity contribution >= 4 is 43.4 Å². The first-order valence-electron chi connectivity index (χ1n) is 10.3. The number of esters is 1. The van der Waals surface area contributed by atoms with Crippen molar-refractivity contribution in [3.8, 4) is 11.5 Å². The largest absolute Gasteiger partial charge is 0.486 e. The fraction of sp³-hybridized carbons (Fsp3) is 0.167. The zero-order valence-electron chi connectivity index (χ0n) is 18.0. The smallest absolute Gasteiger partial charge is 0.338 e. The highest BCUT2D eigenvalue weighted by Crippen LogP contribution is 2.32. The molecule has 3 aromatic rings. The third-order valence-corrected chi connectivity index (χ3v) is 6.86. The van der Waals surface area contributed by atoms with Gasteiger partial charge in [-0.1, -0.05) is 34.1 Å². The van der Waals surface area contributed by atoms with Gasteiger partial charge in [0.2, 0.25) is 5.78 Å². The second kappa shape index (κ2) is 9.86. The van der Waals surface area contributed by atoms with Gasteiger partial charge in [0.25, 0.3) is 10.0 Å². The standard InChI is InChI=1S/C24H20BrNO7S/c1-15(23(27)16-5-7-18(25)8-6-16)33-24(28)17-3-2-4-19(13-17)26-34(29,30)20-9-10-21-22(14-20)32-12-11-31-21/h2-10,13-15,26H,11-12H2,1H3/t15-/m1/s1. The predicted octanol–water partition coefficient (Wildman–Crippen LogP) is 4.45. The molecule has 0 radical (unpaired) electrons. The summed E-state index contributed by atoms with van der Waals surface area (Å²) in [4.78, 5) is 25.1. The molecule has 0 saturated heterocycles. The lowest BCUT2D eigenvalue weighted by Gasteiger charge is -2.19. The molecule has 8 nitrogen and oxygen atoms in total. The number of sulfonamides is 1. The van der Waals surface area contributed by atoms with E-state index in [9.17, 15) is 18.0 Å². The Hall–Kier alpha value is -3.37. The lowest BCUT2D eigenvalue weighted by atomic mass is 10.1. The predicted molar refractivity (Wildman–Crippen MR) is 128 cm³/mol. The van der Waals surface area contributed by atoms with Crippen LogP contribution < -0.4 is 14.2 Å². The molecule has 0 unspecified atom stereocenters. The molecule has 34 heavy (non-hydrogen) atoms. The first-order chi connectivity index (χ1) is 16.2. The average molecular weight is 546 g/mol. The van der Waals surface area contributed by atoms with Gasteiger partial charge in [-0.15, -0.1) is 0 Å². The maximum absolute atomic E-state index is 12.8. The number of halogens is 1. The summed E-state index contributed by atoms with van der Waals surface area (Å²) < 4.78 is 45.1. The molecule has 0 spiro atoms. The van der Waals surface area contributed by atoms with Crippen molar-refractivity contribution < 1.29 is 32.2 Å². The molecule has 1 heterocycles. The van der Waals surface area contributed by atoms with E-state index in [0.717, 1.165) is 4.47 Å². The van der Waals surface area contributed by atoms with Gasteiger partial charge in [-0.05, 0) is 49.4 Å². The number of hydrogen-bond acceptors (Lipinski definition) is 7. The van der Waals surface area contributed by atoms with Crippen LogP contribution in [0, 0.1) is 0 Å². The summed E-state index contributed by atoms with van der Waals surface area (Å²) in [6.45, 7) is 2.21. The molecular weight excluding hydrogens is 526 g/mol. The second-order valence-corrected chi connectivity index (χ2v) is 10.0. The van der Waals surface area contributed by atoms with E-state index in [2.05, 4.69) is 20.7 Å². The highest BCUT2D eigenvalue weighted by atomic mass is 79.9. The monoisotopic (exact) mass is 545 g/mol. The van der Waals surface area contributed by atoms with Gasteiger partial charge in [-0.3, -0.25) is 9.52 Å². The van der Waals surface area contributed by atoms with Crippen LogP contribution in [0.2, 0.25) is 0 Å². The van der Waals surface area contributed by atoms with E-state index in [1.54, 1.807) is 24.3 Å². The molecule has 0 bridgehead atoms. The second-order valence-electron chi connectivity index (χ2n) is 7.41. The van der Waals surface area contributed by atoms with Crippen molar-refractivity contribution in [3.63, 3.8) is 0 Å². The zero-order chi connectivity index (χ0) is 24.3. The normalized spacial score (nSPS) is 13.6. The van der Waals surface area contributed by atoms with Crippen molar-refractivity contribution in [2.45, 2.75) is 17.9 Å². The van der Waals surface area contributed by atoms with Crippen LogP contribution in [0.4, 0.5) is 5.69 Å². The summed E-state index contributed by atoms with van der Waals surface area (Å²) in [5.74, 6) is -0.285. The van der Waals surface area contributed by atoms with Crippen molar-refractivity contribution in [2.75, 3.05) is 17.9 Å². The fourth-order valence-electron chi connectivity index (χ4n) is 3.25. The minimum atomic E-state index is -3.96. The molecule has 176 valence electrons. The maximum Gasteiger partial charge on any atom is 0.338 e. The number of ether oxygens (including phenoxy) is 3. The van der Waals surface area contributed by atoms with E-state index < -0.39 is 22.1 Å². The average Bonchev–Trinajstić information content (AvgIpc) is 2.83. The molecule has 1 N–H and O–H groups in total. The molecule has 4 rings (SSSR count). The van der Waals surface area contributed by atoms with Crippen molar-refractivity contribution in [3.05, 3.63) is 82.3 Å². The Morgan fingerprint density at radius 3 is 2.38 bits per heavy atom. The van der Waals surface area contributed by atoms with Gasteiger partial charge >= 0.3 is 5.97 Å². The number of fused-ring (bicyclic) bond motifs is 1. The van der Waals surface area contributed by atoms with Crippen molar-refractivity contribution in [2.24, 2.45) is 0 Å². The molecule has 1 aliphatic heterocycles. The number of nitrogens with one attached hydrogen (secondary N) is 1. The van der Waals surface area contributed by atoms with Crippen LogP contribution >= 0.6 is 15.9 Å². The summed E-state index contributed by atoms with van der Waals surface area (Å²) in [5, 5.41) is 0. The van der Waals surface area contributed by atoms with Gasteiger partial charge in [0, 0.05) is 21.8 Å². The number of benzene rings is 3. The molecule has 3 aromatic carbocycles. The molecule has 0 amide bonds. The van der Waals surface area contributed by atoms with Crippen LogP contribution in [-0.2, 0) is 14.8 Å². The van der Waals surface area contributed by atoms with Crippen molar-refractivity contribution in [1.29, 1.82) is 0 Å². The van der Waals surface area contributed by atoms with Crippen LogP contribution in [0.15, 0.2) is 76.1 Å². The number of rotatable bonds is 7. The number of anilines is 1. The quantitative estimate of drug-likeness (QED) is 0.345. The molecular formula is C24H20BrNO7S. The topological polar surface area (TPSA) is 108 Å². The van der Waals surface area contributed by atoms with Gasteiger partial charge in [0.1, 0.15) is 13.2 Å². The number of carbonyl (C=O) groups excluding carboxylic acids is 2. The molecule has 10 heteroatoms. The minimum absolute atomic E-state index is 0.0153. The van der Waals surface area contributed by atoms with Crippen LogP contribution in [0.5, 0.6) is 11.5 Å². The minimum Gasteiger partial charge on any atom is -0.486 e. The van der Waals surface area contributed by atoms with E-state index >= 15 is 0 Å². The lowest BCUT2D eigenvalue weighted by molar-refractivity contribution is 0.0319. The Balaban J connectivity index is 1.46. The van der Waals surface area contributed by atoms with E-state index in [1.807, 2.05) is 0 Å². The molecule has 0 aromatic heterocycles. The first-order valence-corrected chi connectivity index (χ1v) is 12.5. The molecule has 1 atom stereocenters. The summed E-state index contributed by atoms with van der Waals surface area (Å²) in [5.41, 5.74) is 0.665. The van der Waals surface area contributed by atoms with Crippen molar-refractivity contribution in [1.82, 2.24) is 0 Å². The fourth-order valence-corrected chi connectivity index (χ4v) is 4.57. The number of carbonyl (C=O) groups is 2. The Bertz CT molecular complexity index is 1340. The van der Waals surface area contributed by atoms with Gasteiger partial charge < -0.3 is 14.2 Å². The summed E-state index contributed by atoms with van der Waals surface area (Å²) in [6.07, 6.45) is -1.02. The Kier molecular flexibility index (Phi) is 6.90. The summed E-state index contributed by atoms with van der Waals surface area (Å²) >= 11 is 3.30. The Morgan fingerprint density at radius 1 is 0.941 bits per heavy atom.